The van der Waals surface area contributed by atoms with Crippen molar-refractivity contribution in [2.24, 2.45) is 0 Å². The van der Waals surface area contributed by atoms with E-state index in [-0.39, 0.29) is 5.82 Å². The Morgan fingerprint density at radius 1 is 1.17 bits per heavy atom. The van der Waals surface area contributed by atoms with Gasteiger partial charge in [-0.2, -0.15) is 5.01 Å². The molecule has 0 radical (unpaired) electrons. The Hall–Kier alpha value is -2.70. The molecule has 7 heteroatoms. The average Bonchev–Trinajstić information content (AvgIpc) is 2.79. The van der Waals surface area contributed by atoms with Crippen LogP contribution in [0, 0.1) is 5.82 Å². The lowest BCUT2D eigenvalue weighted by Gasteiger charge is -2.30. The summed E-state index contributed by atoms with van der Waals surface area (Å²) >= 11 is 0. The van der Waals surface area contributed by atoms with Crippen LogP contribution in [0.4, 0.5) is 9.18 Å². The topological polar surface area (TPSA) is 78.5 Å². The Labute approximate surface area is 138 Å². The minimum atomic E-state index is -0.872. The number of carbonyl (C=O) groups is 3. The van der Waals surface area contributed by atoms with E-state index in [4.69, 9.17) is 0 Å². The summed E-state index contributed by atoms with van der Waals surface area (Å²) in [5.41, 5.74) is 2.06. The molecule has 2 aliphatic rings. The molecule has 1 heterocycles. The van der Waals surface area contributed by atoms with E-state index < -0.39 is 23.4 Å². The van der Waals surface area contributed by atoms with Crippen LogP contribution in [-0.2, 0) is 9.59 Å². The summed E-state index contributed by atoms with van der Waals surface area (Å²) < 4.78 is 12.8. The number of nitrogens with zero attached hydrogens (tertiary/aromatic N) is 1. The standard InChI is InChI=1S/C17H18FN3O3/c18-13-7-4-12(5-8-13)6-9-14(22)20-21-15(23)17(19-16(21)24)10-2-1-3-11-17/h4-9H,1-3,10-11H2,(H,19,24)(H,20,22)/b9-6+. The molecular formula is C17H18FN3O3. The van der Waals surface area contributed by atoms with E-state index in [0.29, 0.717) is 18.4 Å². The molecule has 0 bridgehead atoms. The van der Waals surface area contributed by atoms with E-state index in [9.17, 15) is 18.8 Å². The predicted molar refractivity (Wildman–Crippen MR) is 84.8 cm³/mol. The molecule has 1 aromatic carbocycles. The van der Waals surface area contributed by atoms with Gasteiger partial charge in [-0.1, -0.05) is 31.4 Å². The summed E-state index contributed by atoms with van der Waals surface area (Å²) in [6.07, 6.45) is 6.64. The first-order valence-corrected chi connectivity index (χ1v) is 7.91. The number of imide groups is 1. The van der Waals surface area contributed by atoms with E-state index in [0.717, 1.165) is 24.3 Å². The average molecular weight is 331 g/mol. The fourth-order valence-electron chi connectivity index (χ4n) is 3.11. The van der Waals surface area contributed by atoms with Crippen LogP contribution in [0.15, 0.2) is 30.3 Å². The maximum atomic E-state index is 12.8. The smallest absolute Gasteiger partial charge is 0.322 e. The van der Waals surface area contributed by atoms with Crippen LogP contribution in [0.2, 0.25) is 0 Å². The molecule has 24 heavy (non-hydrogen) atoms. The van der Waals surface area contributed by atoms with Gasteiger partial charge in [0.15, 0.2) is 0 Å². The van der Waals surface area contributed by atoms with E-state index in [1.807, 2.05) is 0 Å². The van der Waals surface area contributed by atoms with Crippen molar-refractivity contribution in [3.8, 4) is 0 Å². The van der Waals surface area contributed by atoms with Crippen molar-refractivity contribution in [1.29, 1.82) is 0 Å². The second-order valence-electron chi connectivity index (χ2n) is 6.07. The normalized spacial score (nSPS) is 19.8. The van der Waals surface area contributed by atoms with Gasteiger partial charge < -0.3 is 5.32 Å². The molecular weight excluding hydrogens is 313 g/mol. The second-order valence-corrected chi connectivity index (χ2v) is 6.07. The minimum Gasteiger partial charge on any atom is -0.322 e. The van der Waals surface area contributed by atoms with Gasteiger partial charge in [-0.3, -0.25) is 15.0 Å². The van der Waals surface area contributed by atoms with Crippen molar-refractivity contribution in [2.45, 2.75) is 37.6 Å². The largest absolute Gasteiger partial charge is 0.344 e. The van der Waals surface area contributed by atoms with E-state index in [2.05, 4.69) is 10.7 Å². The van der Waals surface area contributed by atoms with Gasteiger partial charge in [0.05, 0.1) is 0 Å². The van der Waals surface area contributed by atoms with Gasteiger partial charge in [0, 0.05) is 6.08 Å². The maximum Gasteiger partial charge on any atom is 0.344 e. The molecule has 1 saturated carbocycles. The number of halogens is 1. The third-order valence-electron chi connectivity index (χ3n) is 4.39. The highest BCUT2D eigenvalue weighted by atomic mass is 19.1. The van der Waals surface area contributed by atoms with Gasteiger partial charge in [0.2, 0.25) is 0 Å². The van der Waals surface area contributed by atoms with Gasteiger partial charge in [-0.25, -0.2) is 9.18 Å². The van der Waals surface area contributed by atoms with E-state index in [1.165, 1.54) is 36.4 Å². The number of benzene rings is 1. The molecule has 0 unspecified atom stereocenters. The lowest BCUT2D eigenvalue weighted by atomic mass is 9.82. The highest BCUT2D eigenvalue weighted by Gasteiger charge is 2.52. The monoisotopic (exact) mass is 331 g/mol. The maximum absolute atomic E-state index is 12.8. The molecule has 2 fully saturated rings. The first-order chi connectivity index (χ1) is 11.5. The molecule has 6 nitrogen and oxygen atoms in total. The molecule has 4 amide bonds. The summed E-state index contributed by atoms with van der Waals surface area (Å²) in [5, 5.41) is 3.46. The SMILES string of the molecule is O=C(/C=C/c1ccc(F)cc1)NN1C(=O)NC2(CCCCC2)C1=O. The van der Waals surface area contributed by atoms with Gasteiger partial charge in [0.1, 0.15) is 11.4 Å². The van der Waals surface area contributed by atoms with Crippen LogP contribution in [0.1, 0.15) is 37.7 Å². The summed E-state index contributed by atoms with van der Waals surface area (Å²) in [4.78, 5) is 36.5. The minimum absolute atomic E-state index is 0.367. The van der Waals surface area contributed by atoms with Crippen LogP contribution in [0.3, 0.4) is 0 Å². The lowest BCUT2D eigenvalue weighted by Crippen LogP contribution is -2.50. The van der Waals surface area contributed by atoms with Gasteiger partial charge in [-0.15, -0.1) is 0 Å². The number of amides is 4. The molecule has 1 aromatic rings. The highest BCUT2D eigenvalue weighted by Crippen LogP contribution is 2.32. The highest BCUT2D eigenvalue weighted by molar-refractivity contribution is 6.08. The molecule has 1 aliphatic heterocycles. The number of hydrazine groups is 1. The Morgan fingerprint density at radius 2 is 1.83 bits per heavy atom. The van der Waals surface area contributed by atoms with Crippen molar-refractivity contribution >= 4 is 23.9 Å². The Balaban J connectivity index is 1.64. The second kappa shape index (κ2) is 6.43. The zero-order valence-corrected chi connectivity index (χ0v) is 13.0. The Morgan fingerprint density at radius 3 is 2.50 bits per heavy atom. The van der Waals surface area contributed by atoms with E-state index >= 15 is 0 Å². The predicted octanol–water partition coefficient (Wildman–Crippen LogP) is 2.12. The lowest BCUT2D eigenvalue weighted by molar-refractivity contribution is -0.138. The van der Waals surface area contributed by atoms with Crippen LogP contribution >= 0.6 is 0 Å². The first kappa shape index (κ1) is 16.2. The molecule has 3 rings (SSSR count). The van der Waals surface area contributed by atoms with Crippen molar-refractivity contribution in [2.75, 3.05) is 0 Å². The van der Waals surface area contributed by atoms with Gasteiger partial charge in [-0.05, 0) is 36.6 Å². The number of hydrogen-bond acceptors (Lipinski definition) is 3. The molecule has 0 aromatic heterocycles. The van der Waals surface area contributed by atoms with Crippen LogP contribution in [-0.4, -0.2) is 28.4 Å². The summed E-state index contributed by atoms with van der Waals surface area (Å²) in [6, 6.07) is 4.99. The zero-order chi connectivity index (χ0) is 17.2. The van der Waals surface area contributed by atoms with Crippen LogP contribution in [0.5, 0.6) is 0 Å². The van der Waals surface area contributed by atoms with Crippen LogP contribution in [0.25, 0.3) is 6.08 Å². The van der Waals surface area contributed by atoms with Crippen molar-refractivity contribution in [3.05, 3.63) is 41.7 Å². The Kier molecular flexibility index (Phi) is 4.33. The van der Waals surface area contributed by atoms with Gasteiger partial charge in [0.25, 0.3) is 11.8 Å². The quantitative estimate of drug-likeness (QED) is 0.658. The molecule has 0 atom stereocenters. The van der Waals surface area contributed by atoms with E-state index in [1.54, 1.807) is 0 Å². The number of urea groups is 1. The zero-order valence-electron chi connectivity index (χ0n) is 13.0. The van der Waals surface area contributed by atoms with Crippen molar-refractivity contribution in [3.63, 3.8) is 0 Å². The fraction of sp³-hybridized carbons (Fsp3) is 0.353. The first-order valence-electron chi connectivity index (χ1n) is 7.91. The van der Waals surface area contributed by atoms with Crippen molar-refractivity contribution in [1.82, 2.24) is 15.8 Å². The summed E-state index contributed by atoms with van der Waals surface area (Å²) in [6.45, 7) is 0. The molecule has 1 aliphatic carbocycles. The van der Waals surface area contributed by atoms with Crippen molar-refractivity contribution < 1.29 is 18.8 Å². The molecule has 2 N–H and O–H groups in total. The number of rotatable bonds is 3. The number of hydrogen-bond donors (Lipinski definition) is 2. The summed E-state index contributed by atoms with van der Waals surface area (Å²) in [5.74, 6) is -1.37. The fourth-order valence-corrected chi connectivity index (χ4v) is 3.11. The Bertz CT molecular complexity index is 694. The van der Waals surface area contributed by atoms with Crippen LogP contribution < -0.4 is 10.7 Å². The number of carbonyl (C=O) groups excluding carboxylic acids is 3. The van der Waals surface area contributed by atoms with Gasteiger partial charge >= 0.3 is 6.03 Å². The number of nitrogens with one attached hydrogen (secondary N) is 2. The molecule has 126 valence electrons. The third kappa shape index (κ3) is 3.15. The molecule has 1 spiro atoms. The third-order valence-corrected chi connectivity index (χ3v) is 4.39. The molecule has 1 saturated heterocycles. The summed E-state index contributed by atoms with van der Waals surface area (Å²) in [7, 11) is 0.